The fourth-order valence-corrected chi connectivity index (χ4v) is 7.11. The minimum Gasteiger partial charge on any atom is -0.456 e. The first-order valence-corrected chi connectivity index (χ1v) is 15.8. The number of rotatable bonds is 3. The van der Waals surface area contributed by atoms with E-state index >= 15 is 0 Å². The van der Waals surface area contributed by atoms with Crippen molar-refractivity contribution in [3.8, 4) is 45.3 Å². The van der Waals surface area contributed by atoms with Gasteiger partial charge in [-0.15, -0.1) is 0 Å². The van der Waals surface area contributed by atoms with Gasteiger partial charge in [0.2, 0.25) is 0 Å². The Labute approximate surface area is 267 Å². The molecule has 0 saturated heterocycles. The number of aryl methyl sites for hydroxylation is 1. The van der Waals surface area contributed by atoms with E-state index in [4.69, 9.17) is 9.72 Å². The number of para-hydroxylation sites is 3. The van der Waals surface area contributed by atoms with Gasteiger partial charge in [-0.05, 0) is 64.6 Å². The van der Waals surface area contributed by atoms with Crippen molar-refractivity contribution in [3.63, 3.8) is 0 Å². The van der Waals surface area contributed by atoms with Crippen LogP contribution in [0.15, 0.2) is 128 Å². The van der Waals surface area contributed by atoms with Crippen molar-refractivity contribution in [2.45, 2.75) is 26.2 Å². The summed E-state index contributed by atoms with van der Waals surface area (Å²) in [6, 6.07) is 41.0. The molecule has 8 aromatic rings. The van der Waals surface area contributed by atoms with E-state index in [9.17, 15) is 0 Å². The Morgan fingerprint density at radius 2 is 1.37 bits per heavy atom. The second-order valence-electron chi connectivity index (χ2n) is 13.3. The van der Waals surface area contributed by atoms with Gasteiger partial charge in [0.25, 0.3) is 0 Å². The number of hydrogen-bond donors (Lipinski definition) is 0. The minimum absolute atomic E-state index is 0.0638. The molecule has 0 radical (unpaired) electrons. The molecule has 0 spiro atoms. The van der Waals surface area contributed by atoms with Crippen molar-refractivity contribution in [3.05, 3.63) is 133 Å². The number of pyridine rings is 1. The molecule has 5 aromatic carbocycles. The van der Waals surface area contributed by atoms with Gasteiger partial charge in [0.05, 0.1) is 11.0 Å². The molecule has 0 bridgehead atoms. The first-order valence-electron chi connectivity index (χ1n) is 15.8. The van der Waals surface area contributed by atoms with Crippen molar-refractivity contribution in [2.75, 3.05) is 0 Å². The summed E-state index contributed by atoms with van der Waals surface area (Å²) in [6.45, 7) is 6.74. The normalized spacial score (nSPS) is 12.3. The zero-order valence-electron chi connectivity index (χ0n) is 26.3. The fraction of sp³-hybridized carbons (Fsp3) is 0.122. The fourth-order valence-electron chi connectivity index (χ4n) is 7.11. The standard InChI is InChI=1S/C41H33N4O/c1-41(2,3)26-21-27(44-25-43(4)36-16-7-8-17-37(36)44)23-29(22-26)46-28-18-19-32-34-14-9-13-33-30-11-5-6-12-31(30)35-15-10-20-42-40(35)45(39(33)34)38(32)24-28/h5-25H,1-4H3/q+1. The summed E-state index contributed by atoms with van der Waals surface area (Å²) in [7, 11) is 2.09. The van der Waals surface area contributed by atoms with Crippen LogP contribution < -0.4 is 4.74 Å². The number of benzene rings is 5. The van der Waals surface area contributed by atoms with Gasteiger partial charge in [0, 0.05) is 65.5 Å². The molecule has 0 amide bonds. The molecule has 5 heteroatoms. The van der Waals surface area contributed by atoms with Crippen LogP contribution in [0.4, 0.5) is 0 Å². The summed E-state index contributed by atoms with van der Waals surface area (Å²) in [5.41, 5.74) is 11.5. The highest BCUT2D eigenvalue weighted by molar-refractivity contribution is 6.16. The molecule has 0 aliphatic carbocycles. The van der Waals surface area contributed by atoms with Crippen LogP contribution >= 0.6 is 0 Å². The van der Waals surface area contributed by atoms with Crippen LogP contribution in [0.25, 0.3) is 66.6 Å². The largest absolute Gasteiger partial charge is 0.456 e. The highest BCUT2D eigenvalue weighted by Crippen LogP contribution is 2.46. The van der Waals surface area contributed by atoms with Gasteiger partial charge < -0.3 is 4.74 Å². The SMILES string of the molecule is Cn1[cH+]n(-c2cc(Oc3ccc4c5cccc6c5n(c4c3)-c3ncccc3-c3ccccc3-6)cc(C(C)(C)C)c2)c2ccccc21. The third-order valence-electron chi connectivity index (χ3n) is 9.35. The predicted octanol–water partition coefficient (Wildman–Crippen LogP) is 10.5. The van der Waals surface area contributed by atoms with Crippen LogP contribution in [-0.2, 0) is 12.5 Å². The summed E-state index contributed by atoms with van der Waals surface area (Å²) >= 11 is 0. The quantitative estimate of drug-likeness (QED) is 0.190. The van der Waals surface area contributed by atoms with E-state index in [2.05, 4.69) is 157 Å². The molecule has 0 fully saturated rings. The summed E-state index contributed by atoms with van der Waals surface area (Å²) < 4.78 is 13.5. The Morgan fingerprint density at radius 3 is 2.20 bits per heavy atom. The number of aromatic nitrogens is 4. The molecule has 0 atom stereocenters. The van der Waals surface area contributed by atoms with Gasteiger partial charge in [-0.2, -0.15) is 4.57 Å². The lowest BCUT2D eigenvalue weighted by atomic mass is 9.86. The zero-order valence-corrected chi connectivity index (χ0v) is 26.3. The van der Waals surface area contributed by atoms with E-state index in [1.807, 2.05) is 12.3 Å². The van der Waals surface area contributed by atoms with Crippen LogP contribution in [0, 0.1) is 0 Å². The highest BCUT2D eigenvalue weighted by atomic mass is 16.5. The van der Waals surface area contributed by atoms with Gasteiger partial charge in [0.15, 0.2) is 17.4 Å². The molecule has 5 nitrogen and oxygen atoms in total. The van der Waals surface area contributed by atoms with E-state index in [-0.39, 0.29) is 5.41 Å². The van der Waals surface area contributed by atoms with Gasteiger partial charge in [-0.25, -0.2) is 9.55 Å². The maximum absolute atomic E-state index is 6.77. The lowest BCUT2D eigenvalue weighted by Crippen LogP contribution is -2.12. The average molecular weight is 598 g/mol. The second-order valence-corrected chi connectivity index (χ2v) is 13.3. The Kier molecular flexibility index (Phi) is 5.61. The van der Waals surface area contributed by atoms with Crippen LogP contribution in [0.5, 0.6) is 11.5 Å². The Bertz CT molecular complexity index is 2510. The first-order chi connectivity index (χ1) is 22.3. The summed E-state index contributed by atoms with van der Waals surface area (Å²) in [5.74, 6) is 2.52. The summed E-state index contributed by atoms with van der Waals surface area (Å²) in [6.07, 6.45) is 4.03. The van der Waals surface area contributed by atoms with Crippen LogP contribution in [0.3, 0.4) is 0 Å². The van der Waals surface area contributed by atoms with Crippen LogP contribution in [0.2, 0.25) is 0 Å². The number of ether oxygens (including phenoxy) is 1. The molecule has 0 N–H and O–H groups in total. The van der Waals surface area contributed by atoms with Gasteiger partial charge in [-0.3, -0.25) is 4.57 Å². The molecule has 1 aliphatic heterocycles. The second kappa shape index (κ2) is 9.66. The summed E-state index contributed by atoms with van der Waals surface area (Å²) in [4.78, 5) is 4.97. The number of nitrogens with zero attached hydrogens (tertiary/aromatic N) is 4. The maximum Gasteiger partial charge on any atom is 0.191 e. The van der Waals surface area contributed by atoms with E-state index < -0.39 is 0 Å². The average Bonchev–Trinajstić information content (AvgIpc) is 3.54. The van der Waals surface area contributed by atoms with E-state index in [1.165, 1.54) is 44.1 Å². The highest BCUT2D eigenvalue weighted by Gasteiger charge is 2.26. The van der Waals surface area contributed by atoms with Gasteiger partial charge in [-0.1, -0.05) is 63.2 Å². The molecule has 3 aromatic heterocycles. The first kappa shape index (κ1) is 26.7. The molecule has 4 heterocycles. The lowest BCUT2D eigenvalue weighted by Gasteiger charge is -2.20. The molecule has 222 valence electrons. The summed E-state index contributed by atoms with van der Waals surface area (Å²) in [5, 5.41) is 2.38. The minimum atomic E-state index is -0.0638. The van der Waals surface area contributed by atoms with Crippen molar-refractivity contribution in [1.29, 1.82) is 0 Å². The lowest BCUT2D eigenvalue weighted by molar-refractivity contribution is 0.479. The van der Waals surface area contributed by atoms with Crippen molar-refractivity contribution >= 4 is 32.8 Å². The van der Waals surface area contributed by atoms with E-state index in [0.717, 1.165) is 39.6 Å². The third kappa shape index (κ3) is 3.94. The molecule has 9 rings (SSSR count). The molecular weight excluding hydrogens is 564 g/mol. The number of imidazole rings is 1. The maximum atomic E-state index is 6.77. The number of fused-ring (bicyclic) bond motifs is 9. The molecule has 1 aliphatic rings. The van der Waals surface area contributed by atoms with Crippen molar-refractivity contribution < 1.29 is 4.74 Å². The molecule has 46 heavy (non-hydrogen) atoms. The van der Waals surface area contributed by atoms with E-state index in [1.54, 1.807) is 0 Å². The van der Waals surface area contributed by atoms with Gasteiger partial charge in [0.1, 0.15) is 23.0 Å². The smallest absolute Gasteiger partial charge is 0.191 e. The van der Waals surface area contributed by atoms with Crippen LogP contribution in [0.1, 0.15) is 26.3 Å². The van der Waals surface area contributed by atoms with Crippen LogP contribution in [-0.4, -0.2) is 18.7 Å². The van der Waals surface area contributed by atoms with E-state index in [0.29, 0.717) is 0 Å². The van der Waals surface area contributed by atoms with Gasteiger partial charge >= 0.3 is 0 Å². The molecular formula is C41H33N4O+. The molecule has 0 saturated carbocycles. The Hall–Kier alpha value is -5.68. The predicted molar refractivity (Wildman–Crippen MR) is 188 cm³/mol. The zero-order chi connectivity index (χ0) is 31.2. The topological polar surface area (TPSA) is 36.9 Å². The Balaban J connectivity index is 1.24. The Morgan fingerprint density at radius 1 is 0.630 bits per heavy atom. The molecule has 0 unspecified atom stereocenters. The third-order valence-corrected chi connectivity index (χ3v) is 9.35. The van der Waals surface area contributed by atoms with Crippen molar-refractivity contribution in [1.82, 2.24) is 18.7 Å². The number of hydrogen-bond acceptors (Lipinski definition) is 2. The van der Waals surface area contributed by atoms with Crippen molar-refractivity contribution in [2.24, 2.45) is 7.05 Å². The monoisotopic (exact) mass is 597 g/mol.